The van der Waals surface area contributed by atoms with Gasteiger partial charge in [-0.05, 0) is 44.9 Å². The number of rotatable bonds is 8. The molecule has 0 spiro atoms. The summed E-state index contributed by atoms with van der Waals surface area (Å²) in [5.41, 5.74) is 3.91. The predicted octanol–water partition coefficient (Wildman–Crippen LogP) is 3.73. The normalized spacial score (nSPS) is 12.4. The summed E-state index contributed by atoms with van der Waals surface area (Å²) < 4.78 is 25.6. The maximum atomic E-state index is 12.2. The molecule has 0 bridgehead atoms. The molecular weight excluding hydrogens is 360 g/mol. The zero-order valence-corrected chi connectivity index (χ0v) is 17.2. The van der Waals surface area contributed by atoms with Crippen LogP contribution in [-0.4, -0.2) is 27.1 Å². The maximum Gasteiger partial charge on any atom is 0.232 e. The summed E-state index contributed by atoms with van der Waals surface area (Å²) in [5, 5.41) is 2.97. The molecule has 0 saturated heterocycles. The molecule has 1 atom stereocenters. The first-order valence-corrected chi connectivity index (χ1v) is 10.9. The van der Waals surface area contributed by atoms with E-state index in [1.807, 2.05) is 57.2 Å². The minimum Gasteiger partial charge on any atom is -0.350 e. The molecule has 0 unspecified atom stereocenters. The van der Waals surface area contributed by atoms with E-state index >= 15 is 0 Å². The Hall–Kier alpha value is -2.34. The van der Waals surface area contributed by atoms with Crippen LogP contribution in [0.3, 0.4) is 0 Å². The van der Waals surface area contributed by atoms with Crippen LogP contribution in [0.5, 0.6) is 0 Å². The lowest BCUT2D eigenvalue weighted by Gasteiger charge is -2.22. The summed E-state index contributed by atoms with van der Waals surface area (Å²) >= 11 is 0. The Kier molecular flexibility index (Phi) is 7.02. The van der Waals surface area contributed by atoms with Crippen molar-refractivity contribution in [2.75, 3.05) is 17.1 Å². The Balaban J connectivity index is 1.91. The molecule has 0 radical (unpaired) electrons. The second kappa shape index (κ2) is 9.04. The number of anilines is 1. The Labute approximate surface area is 162 Å². The van der Waals surface area contributed by atoms with Gasteiger partial charge in [-0.15, -0.1) is 0 Å². The highest BCUT2D eigenvalue weighted by Gasteiger charge is 2.18. The number of hydrogen-bond acceptors (Lipinski definition) is 3. The quantitative estimate of drug-likeness (QED) is 0.749. The maximum absolute atomic E-state index is 12.2. The van der Waals surface area contributed by atoms with E-state index in [0.717, 1.165) is 11.1 Å². The van der Waals surface area contributed by atoms with Gasteiger partial charge in [0.2, 0.25) is 15.9 Å². The van der Waals surface area contributed by atoms with Crippen molar-refractivity contribution >= 4 is 21.6 Å². The smallest absolute Gasteiger partial charge is 0.232 e. The van der Waals surface area contributed by atoms with E-state index in [1.165, 1.54) is 16.1 Å². The van der Waals surface area contributed by atoms with E-state index in [-0.39, 0.29) is 24.9 Å². The van der Waals surface area contributed by atoms with Crippen LogP contribution >= 0.6 is 0 Å². The van der Waals surface area contributed by atoms with Crippen molar-refractivity contribution in [3.8, 4) is 0 Å². The summed E-state index contributed by atoms with van der Waals surface area (Å²) in [5.74, 6) is -0.0829. The monoisotopic (exact) mass is 388 g/mol. The number of hydrogen-bond donors (Lipinski definition) is 1. The van der Waals surface area contributed by atoms with Crippen LogP contribution in [0, 0.1) is 13.8 Å². The minimum absolute atomic E-state index is 0.0822. The summed E-state index contributed by atoms with van der Waals surface area (Å²) in [6, 6.07) is 15.3. The molecule has 6 heteroatoms. The zero-order chi connectivity index (χ0) is 20.0. The fourth-order valence-electron chi connectivity index (χ4n) is 2.83. The number of carbonyl (C=O) groups is 1. The first-order valence-electron chi connectivity index (χ1n) is 9.07. The summed E-state index contributed by atoms with van der Waals surface area (Å²) in [6.07, 6.45) is 1.91. The molecule has 2 rings (SSSR count). The van der Waals surface area contributed by atoms with E-state index in [9.17, 15) is 13.2 Å². The highest BCUT2D eigenvalue weighted by atomic mass is 32.2. The van der Waals surface area contributed by atoms with Crippen molar-refractivity contribution in [1.29, 1.82) is 0 Å². The number of nitrogens with zero attached hydrogens (tertiary/aromatic N) is 1. The first kappa shape index (κ1) is 21.0. The molecular formula is C21H28N2O3S. The van der Waals surface area contributed by atoms with Crippen LogP contribution < -0.4 is 9.62 Å². The molecule has 1 amide bonds. The van der Waals surface area contributed by atoms with Gasteiger partial charge in [-0.1, -0.05) is 47.5 Å². The third kappa shape index (κ3) is 6.40. The third-order valence-electron chi connectivity index (χ3n) is 4.44. The van der Waals surface area contributed by atoms with Gasteiger partial charge in [0.1, 0.15) is 0 Å². The van der Waals surface area contributed by atoms with Crippen LogP contribution in [0.4, 0.5) is 5.69 Å². The molecule has 0 aliphatic rings. The van der Waals surface area contributed by atoms with E-state index in [2.05, 4.69) is 5.32 Å². The average molecular weight is 389 g/mol. The molecule has 2 aromatic rings. The predicted molar refractivity (Wildman–Crippen MR) is 110 cm³/mol. The van der Waals surface area contributed by atoms with Gasteiger partial charge in [0.05, 0.1) is 18.0 Å². The van der Waals surface area contributed by atoms with Crippen LogP contribution in [0.15, 0.2) is 48.5 Å². The molecule has 5 nitrogen and oxygen atoms in total. The lowest BCUT2D eigenvalue weighted by Crippen LogP contribution is -2.32. The molecule has 0 aliphatic carbocycles. The van der Waals surface area contributed by atoms with E-state index in [1.54, 1.807) is 12.1 Å². The van der Waals surface area contributed by atoms with E-state index < -0.39 is 10.0 Å². The molecule has 146 valence electrons. The van der Waals surface area contributed by atoms with Crippen molar-refractivity contribution in [2.45, 2.75) is 39.7 Å². The number of amides is 1. The SMILES string of the molecule is Cc1ccc([C@H](C)NC(=O)CCCN(c2ccc(C)cc2)S(C)(=O)=O)cc1. The molecule has 1 N–H and O–H groups in total. The fraction of sp³-hybridized carbons (Fsp3) is 0.381. The number of carbonyl (C=O) groups excluding carboxylic acids is 1. The zero-order valence-electron chi connectivity index (χ0n) is 16.4. The van der Waals surface area contributed by atoms with Gasteiger partial charge in [-0.2, -0.15) is 0 Å². The fourth-order valence-corrected chi connectivity index (χ4v) is 3.80. The topological polar surface area (TPSA) is 66.5 Å². The summed E-state index contributed by atoms with van der Waals surface area (Å²) in [4.78, 5) is 12.2. The molecule has 2 aromatic carbocycles. The van der Waals surface area contributed by atoms with Crippen LogP contribution in [-0.2, 0) is 14.8 Å². The van der Waals surface area contributed by atoms with E-state index in [4.69, 9.17) is 0 Å². The van der Waals surface area contributed by atoms with Gasteiger partial charge in [0.25, 0.3) is 0 Å². The Morgan fingerprint density at radius 2 is 1.52 bits per heavy atom. The minimum atomic E-state index is -3.40. The Bertz CT molecular complexity index is 859. The van der Waals surface area contributed by atoms with Gasteiger partial charge in [0, 0.05) is 13.0 Å². The lowest BCUT2D eigenvalue weighted by atomic mass is 10.1. The van der Waals surface area contributed by atoms with Gasteiger partial charge < -0.3 is 5.32 Å². The highest BCUT2D eigenvalue weighted by Crippen LogP contribution is 2.19. The second-order valence-electron chi connectivity index (χ2n) is 6.97. The van der Waals surface area contributed by atoms with Gasteiger partial charge in [-0.25, -0.2) is 8.42 Å². The largest absolute Gasteiger partial charge is 0.350 e. The third-order valence-corrected chi connectivity index (χ3v) is 5.64. The first-order chi connectivity index (χ1) is 12.7. The number of benzene rings is 2. The molecule has 0 aliphatic heterocycles. The molecule has 27 heavy (non-hydrogen) atoms. The Morgan fingerprint density at radius 3 is 2.04 bits per heavy atom. The number of aryl methyl sites for hydroxylation is 2. The van der Waals surface area contributed by atoms with Crippen molar-refractivity contribution in [3.05, 3.63) is 65.2 Å². The van der Waals surface area contributed by atoms with Crippen LogP contribution in [0.2, 0.25) is 0 Å². The molecule has 0 heterocycles. The average Bonchev–Trinajstić information content (AvgIpc) is 2.59. The number of sulfonamides is 1. The lowest BCUT2D eigenvalue weighted by molar-refractivity contribution is -0.121. The molecule has 0 fully saturated rings. The summed E-state index contributed by atoms with van der Waals surface area (Å²) in [6.45, 7) is 6.19. The molecule has 0 saturated carbocycles. The van der Waals surface area contributed by atoms with Crippen molar-refractivity contribution < 1.29 is 13.2 Å². The second-order valence-corrected chi connectivity index (χ2v) is 8.88. The summed E-state index contributed by atoms with van der Waals surface area (Å²) in [7, 11) is -3.40. The van der Waals surface area contributed by atoms with Crippen molar-refractivity contribution in [1.82, 2.24) is 5.32 Å². The standard InChI is InChI=1S/C21H28N2O3S/c1-16-7-11-19(12-8-16)18(3)22-21(24)6-5-15-23(27(4,25)26)20-13-9-17(2)10-14-20/h7-14,18H,5-6,15H2,1-4H3,(H,22,24)/t18-/m0/s1. The van der Waals surface area contributed by atoms with Crippen molar-refractivity contribution in [3.63, 3.8) is 0 Å². The van der Waals surface area contributed by atoms with Gasteiger partial charge >= 0.3 is 0 Å². The highest BCUT2D eigenvalue weighted by molar-refractivity contribution is 7.92. The number of nitrogens with one attached hydrogen (secondary N) is 1. The van der Waals surface area contributed by atoms with Gasteiger partial charge in [-0.3, -0.25) is 9.10 Å². The molecule has 0 aromatic heterocycles. The van der Waals surface area contributed by atoms with Gasteiger partial charge in [0.15, 0.2) is 0 Å². The van der Waals surface area contributed by atoms with E-state index in [0.29, 0.717) is 12.1 Å². The van der Waals surface area contributed by atoms with Crippen LogP contribution in [0.1, 0.15) is 42.5 Å². The Morgan fingerprint density at radius 1 is 1.00 bits per heavy atom. The van der Waals surface area contributed by atoms with Crippen molar-refractivity contribution in [2.24, 2.45) is 0 Å². The van der Waals surface area contributed by atoms with Crippen LogP contribution in [0.25, 0.3) is 0 Å².